The number of nitrogens with zero attached hydrogens (tertiary/aromatic N) is 3. The highest BCUT2D eigenvalue weighted by molar-refractivity contribution is 5.94. The molecule has 0 saturated carbocycles. The highest BCUT2D eigenvalue weighted by atomic mass is 19.1. The second kappa shape index (κ2) is 7.73. The minimum absolute atomic E-state index is 0.0694. The number of fused-ring (bicyclic) bond motifs is 1. The number of carbonyl (C=O) groups excluding carboxylic acids is 1. The molecule has 0 aliphatic carbocycles. The van der Waals surface area contributed by atoms with Gasteiger partial charge in [0.05, 0.1) is 10.9 Å². The number of hydrogen-bond acceptors (Lipinski definition) is 3. The Bertz CT molecular complexity index is 1110. The third kappa shape index (κ3) is 3.64. The fourth-order valence-corrected chi connectivity index (χ4v) is 3.93. The number of benzene rings is 2. The monoisotopic (exact) mass is 397 g/mol. The number of aryl methyl sites for hydroxylation is 1. The summed E-state index contributed by atoms with van der Waals surface area (Å²) < 4.78 is 29.5. The molecule has 0 bridgehead atoms. The van der Waals surface area contributed by atoms with E-state index >= 15 is 0 Å². The van der Waals surface area contributed by atoms with Gasteiger partial charge in [0.25, 0.3) is 11.5 Å². The Labute approximate surface area is 166 Å². The van der Waals surface area contributed by atoms with E-state index in [9.17, 15) is 18.4 Å². The lowest BCUT2D eigenvalue weighted by molar-refractivity contribution is 0.0672. The Morgan fingerprint density at radius 2 is 1.72 bits per heavy atom. The quantitative estimate of drug-likeness (QED) is 0.679. The van der Waals surface area contributed by atoms with Crippen molar-refractivity contribution in [2.24, 2.45) is 5.92 Å². The maximum Gasteiger partial charge on any atom is 0.261 e. The van der Waals surface area contributed by atoms with Crippen LogP contribution in [0.25, 0.3) is 10.9 Å². The van der Waals surface area contributed by atoms with Gasteiger partial charge in [-0.3, -0.25) is 14.2 Å². The zero-order valence-electron chi connectivity index (χ0n) is 16.1. The van der Waals surface area contributed by atoms with Crippen molar-refractivity contribution >= 4 is 16.8 Å². The van der Waals surface area contributed by atoms with Crippen LogP contribution in [0.15, 0.2) is 47.3 Å². The van der Waals surface area contributed by atoms with Crippen molar-refractivity contribution in [1.29, 1.82) is 0 Å². The number of likely N-dealkylation sites (tertiary alicyclic amines) is 1. The zero-order chi connectivity index (χ0) is 20.5. The summed E-state index contributed by atoms with van der Waals surface area (Å²) in [5.74, 6) is -1.48. The van der Waals surface area contributed by atoms with Crippen molar-refractivity contribution < 1.29 is 13.6 Å². The van der Waals surface area contributed by atoms with E-state index in [0.717, 1.165) is 12.1 Å². The summed E-state index contributed by atoms with van der Waals surface area (Å²) >= 11 is 0. The lowest BCUT2D eigenvalue weighted by Gasteiger charge is -2.32. The molecule has 0 unspecified atom stereocenters. The van der Waals surface area contributed by atoms with Crippen LogP contribution < -0.4 is 5.56 Å². The second-order valence-electron chi connectivity index (χ2n) is 7.42. The Morgan fingerprint density at radius 3 is 2.41 bits per heavy atom. The molecule has 0 atom stereocenters. The second-order valence-corrected chi connectivity index (χ2v) is 7.42. The summed E-state index contributed by atoms with van der Waals surface area (Å²) in [7, 11) is 0. The number of para-hydroxylation sites is 1. The predicted octanol–water partition coefficient (Wildman–Crippen LogP) is 3.54. The van der Waals surface area contributed by atoms with Crippen LogP contribution in [-0.4, -0.2) is 33.4 Å². The summed E-state index contributed by atoms with van der Waals surface area (Å²) in [5.41, 5.74) is 0.107. The summed E-state index contributed by atoms with van der Waals surface area (Å²) in [6, 6.07) is 10.7. The van der Waals surface area contributed by atoms with Gasteiger partial charge in [-0.2, -0.15) is 0 Å². The van der Waals surface area contributed by atoms with Gasteiger partial charge in [0.15, 0.2) is 0 Å². The van der Waals surface area contributed by atoms with Gasteiger partial charge in [0.2, 0.25) is 0 Å². The minimum atomic E-state index is -0.846. The molecule has 2 aromatic carbocycles. The lowest BCUT2D eigenvalue weighted by atomic mass is 9.96. The van der Waals surface area contributed by atoms with Crippen molar-refractivity contribution in [3.8, 4) is 0 Å². The van der Waals surface area contributed by atoms with Gasteiger partial charge < -0.3 is 4.90 Å². The highest BCUT2D eigenvalue weighted by Gasteiger charge is 2.28. The maximum atomic E-state index is 13.9. The predicted molar refractivity (Wildman–Crippen MR) is 106 cm³/mol. The van der Waals surface area contributed by atoms with E-state index in [1.54, 1.807) is 10.6 Å². The Hall–Kier alpha value is -3.09. The van der Waals surface area contributed by atoms with Crippen molar-refractivity contribution in [2.45, 2.75) is 26.3 Å². The molecule has 1 saturated heterocycles. The normalized spacial score (nSPS) is 15.1. The minimum Gasteiger partial charge on any atom is -0.338 e. The molecule has 3 aromatic rings. The van der Waals surface area contributed by atoms with Crippen LogP contribution in [0.3, 0.4) is 0 Å². The molecule has 7 heteroatoms. The topological polar surface area (TPSA) is 55.2 Å². The molecule has 0 N–H and O–H groups in total. The molecule has 0 spiro atoms. The molecular formula is C22H21F2N3O2. The van der Waals surface area contributed by atoms with Crippen molar-refractivity contribution in [3.05, 3.63) is 75.8 Å². The molecule has 1 aliphatic rings. The van der Waals surface area contributed by atoms with E-state index in [-0.39, 0.29) is 11.5 Å². The fraction of sp³-hybridized carbons (Fsp3) is 0.318. The summed E-state index contributed by atoms with van der Waals surface area (Å²) in [6.45, 7) is 3.12. The number of carbonyl (C=O) groups is 1. The number of hydrogen-bond donors (Lipinski definition) is 0. The summed E-state index contributed by atoms with van der Waals surface area (Å²) in [6.07, 6.45) is 1.31. The van der Waals surface area contributed by atoms with Crippen LogP contribution in [0.1, 0.15) is 29.0 Å². The SMILES string of the molecule is Cc1nc2ccccc2c(=O)n1CC1CCN(C(=O)c2c(F)cccc2F)CC1. The Kier molecular flexibility index (Phi) is 5.13. The van der Waals surface area contributed by atoms with Crippen molar-refractivity contribution in [3.63, 3.8) is 0 Å². The van der Waals surface area contributed by atoms with Crippen LogP contribution >= 0.6 is 0 Å². The highest BCUT2D eigenvalue weighted by Crippen LogP contribution is 2.23. The molecule has 150 valence electrons. The average Bonchev–Trinajstić information content (AvgIpc) is 2.71. The largest absolute Gasteiger partial charge is 0.338 e. The molecule has 29 heavy (non-hydrogen) atoms. The van der Waals surface area contributed by atoms with Gasteiger partial charge in [0.1, 0.15) is 23.0 Å². The van der Waals surface area contributed by atoms with Crippen molar-refractivity contribution in [2.75, 3.05) is 13.1 Å². The van der Waals surface area contributed by atoms with E-state index in [4.69, 9.17) is 0 Å². The van der Waals surface area contributed by atoms with Crippen LogP contribution in [0, 0.1) is 24.5 Å². The average molecular weight is 397 g/mol. The number of rotatable bonds is 3. The molecule has 0 radical (unpaired) electrons. The first kappa shape index (κ1) is 19.2. The van der Waals surface area contributed by atoms with E-state index in [1.807, 2.05) is 25.1 Å². The fourth-order valence-electron chi connectivity index (χ4n) is 3.93. The van der Waals surface area contributed by atoms with Gasteiger partial charge >= 0.3 is 0 Å². The molecule has 1 fully saturated rings. The van der Waals surface area contributed by atoms with Gasteiger partial charge in [-0.25, -0.2) is 13.8 Å². The van der Waals surface area contributed by atoms with Crippen LogP contribution in [0.2, 0.25) is 0 Å². The third-order valence-corrected chi connectivity index (χ3v) is 5.57. The Morgan fingerprint density at radius 1 is 1.07 bits per heavy atom. The molecule has 5 nitrogen and oxygen atoms in total. The van der Waals surface area contributed by atoms with E-state index in [0.29, 0.717) is 49.2 Å². The van der Waals surface area contributed by atoms with Gasteiger partial charge in [0, 0.05) is 19.6 Å². The molecule has 1 amide bonds. The molecule has 1 aromatic heterocycles. The van der Waals surface area contributed by atoms with Gasteiger partial charge in [-0.1, -0.05) is 18.2 Å². The number of piperidine rings is 1. The zero-order valence-corrected chi connectivity index (χ0v) is 16.1. The van der Waals surface area contributed by atoms with Crippen LogP contribution in [0.5, 0.6) is 0 Å². The van der Waals surface area contributed by atoms with Gasteiger partial charge in [-0.15, -0.1) is 0 Å². The molecular weight excluding hydrogens is 376 g/mol. The summed E-state index contributed by atoms with van der Waals surface area (Å²) in [4.78, 5) is 31.4. The summed E-state index contributed by atoms with van der Waals surface area (Å²) in [5, 5.41) is 0.584. The smallest absolute Gasteiger partial charge is 0.261 e. The molecule has 2 heterocycles. The molecule has 4 rings (SSSR count). The molecule has 1 aliphatic heterocycles. The number of halogens is 2. The van der Waals surface area contributed by atoms with E-state index in [2.05, 4.69) is 4.98 Å². The first-order valence-electron chi connectivity index (χ1n) is 9.65. The lowest BCUT2D eigenvalue weighted by Crippen LogP contribution is -2.41. The first-order chi connectivity index (χ1) is 14.0. The number of aromatic nitrogens is 2. The third-order valence-electron chi connectivity index (χ3n) is 5.57. The van der Waals surface area contributed by atoms with Gasteiger partial charge in [-0.05, 0) is 49.9 Å². The van der Waals surface area contributed by atoms with E-state index in [1.165, 1.54) is 11.0 Å². The standard InChI is InChI=1S/C22H21F2N3O2/c1-14-25-19-8-3-2-5-16(19)21(28)27(14)13-15-9-11-26(12-10-15)22(29)20-17(23)6-4-7-18(20)24/h2-8,15H,9-13H2,1H3. The van der Waals surface area contributed by atoms with Crippen molar-refractivity contribution in [1.82, 2.24) is 14.5 Å². The van der Waals surface area contributed by atoms with Crippen LogP contribution in [-0.2, 0) is 6.54 Å². The first-order valence-corrected chi connectivity index (χ1v) is 9.65. The maximum absolute atomic E-state index is 13.9. The number of amides is 1. The van der Waals surface area contributed by atoms with Crippen LogP contribution in [0.4, 0.5) is 8.78 Å². The van der Waals surface area contributed by atoms with E-state index < -0.39 is 23.1 Å². The Balaban J connectivity index is 1.48.